The third-order valence-corrected chi connectivity index (χ3v) is 5.79. The number of nitrogens with one attached hydrogen (secondary N) is 1. The van der Waals surface area contributed by atoms with Crippen molar-refractivity contribution in [3.63, 3.8) is 0 Å². The van der Waals surface area contributed by atoms with E-state index in [9.17, 15) is 0 Å². The van der Waals surface area contributed by atoms with Gasteiger partial charge in [-0.05, 0) is 58.2 Å². The third kappa shape index (κ3) is 3.52. The molecular weight excluding hydrogens is 232 g/mol. The van der Waals surface area contributed by atoms with E-state index >= 15 is 0 Å². The molecule has 112 valence electrons. The topological polar surface area (TPSA) is 15.3 Å². The van der Waals surface area contributed by atoms with Crippen molar-refractivity contribution in [1.29, 1.82) is 0 Å². The Morgan fingerprint density at radius 3 is 2.26 bits per heavy atom. The minimum absolute atomic E-state index is 0.370. The van der Waals surface area contributed by atoms with Crippen molar-refractivity contribution >= 4 is 0 Å². The summed E-state index contributed by atoms with van der Waals surface area (Å²) in [5.41, 5.74) is 0.370. The zero-order chi connectivity index (χ0) is 13.7. The van der Waals surface area contributed by atoms with Crippen molar-refractivity contribution in [3.05, 3.63) is 0 Å². The molecule has 2 heteroatoms. The molecule has 0 aromatic rings. The Balaban J connectivity index is 2.04. The molecular formula is C17H34N2. The van der Waals surface area contributed by atoms with E-state index in [1.54, 1.807) is 0 Å². The Labute approximate surface area is 120 Å². The van der Waals surface area contributed by atoms with E-state index in [2.05, 4.69) is 31.0 Å². The molecule has 0 aromatic carbocycles. The van der Waals surface area contributed by atoms with Crippen LogP contribution in [0.25, 0.3) is 0 Å². The van der Waals surface area contributed by atoms with Crippen molar-refractivity contribution in [1.82, 2.24) is 10.2 Å². The van der Waals surface area contributed by atoms with Crippen LogP contribution in [0.4, 0.5) is 0 Å². The molecule has 0 aromatic heterocycles. The van der Waals surface area contributed by atoms with Crippen molar-refractivity contribution in [2.24, 2.45) is 5.92 Å². The van der Waals surface area contributed by atoms with Crippen LogP contribution in [-0.2, 0) is 0 Å². The minimum atomic E-state index is 0.370. The molecule has 0 radical (unpaired) electrons. The van der Waals surface area contributed by atoms with Crippen LogP contribution in [0.2, 0.25) is 0 Å². The number of likely N-dealkylation sites (tertiary alicyclic amines) is 1. The van der Waals surface area contributed by atoms with E-state index in [0.29, 0.717) is 11.6 Å². The highest BCUT2D eigenvalue weighted by Crippen LogP contribution is 2.35. The van der Waals surface area contributed by atoms with Gasteiger partial charge in [0.1, 0.15) is 0 Å². The normalized spacial score (nSPS) is 26.7. The quantitative estimate of drug-likeness (QED) is 0.754. The largest absolute Gasteiger partial charge is 0.312 e. The third-order valence-electron chi connectivity index (χ3n) is 5.79. The molecule has 1 N–H and O–H groups in total. The summed E-state index contributed by atoms with van der Waals surface area (Å²) in [7, 11) is 0. The van der Waals surface area contributed by atoms with E-state index in [1.807, 2.05) is 0 Å². The lowest BCUT2D eigenvalue weighted by Crippen LogP contribution is -2.59. The van der Waals surface area contributed by atoms with Gasteiger partial charge >= 0.3 is 0 Å². The van der Waals surface area contributed by atoms with Crippen LogP contribution < -0.4 is 5.32 Å². The van der Waals surface area contributed by atoms with Gasteiger partial charge in [0, 0.05) is 11.6 Å². The first-order valence-corrected chi connectivity index (χ1v) is 8.69. The monoisotopic (exact) mass is 266 g/mol. The lowest BCUT2D eigenvalue weighted by molar-refractivity contribution is 0.0736. The summed E-state index contributed by atoms with van der Waals surface area (Å²) in [5.74, 6) is 0.984. The Kier molecular flexibility index (Phi) is 5.70. The van der Waals surface area contributed by atoms with Crippen molar-refractivity contribution in [2.45, 2.75) is 83.7 Å². The first-order chi connectivity index (χ1) is 9.20. The Hall–Kier alpha value is -0.0800. The fourth-order valence-electron chi connectivity index (χ4n) is 4.30. The number of nitrogens with zero attached hydrogens (tertiary/aromatic N) is 1. The second kappa shape index (κ2) is 7.08. The van der Waals surface area contributed by atoms with Crippen LogP contribution in [0.15, 0.2) is 0 Å². The predicted molar refractivity (Wildman–Crippen MR) is 83.5 cm³/mol. The Bertz CT molecular complexity index is 254. The second-order valence-electron chi connectivity index (χ2n) is 6.90. The first-order valence-electron chi connectivity index (χ1n) is 8.69. The second-order valence-corrected chi connectivity index (χ2v) is 6.90. The van der Waals surface area contributed by atoms with Gasteiger partial charge in [-0.25, -0.2) is 0 Å². The average molecular weight is 266 g/mol. The summed E-state index contributed by atoms with van der Waals surface area (Å²) < 4.78 is 0. The molecule has 2 rings (SSSR count). The molecule has 0 amide bonds. The number of hydrogen-bond donors (Lipinski definition) is 1. The molecule has 1 aliphatic heterocycles. The summed E-state index contributed by atoms with van der Waals surface area (Å²) in [5, 5.41) is 3.84. The standard InChI is InChI=1S/C17H34N2/c1-4-17(3,19-12-8-9-13-19)16(18-5-2)14-15-10-6-7-11-15/h15-16,18H,4-14H2,1-3H3. The lowest BCUT2D eigenvalue weighted by atomic mass is 9.81. The van der Waals surface area contributed by atoms with Crippen LogP contribution in [0.1, 0.15) is 72.1 Å². The van der Waals surface area contributed by atoms with Gasteiger partial charge in [0.25, 0.3) is 0 Å². The maximum atomic E-state index is 3.84. The summed E-state index contributed by atoms with van der Waals surface area (Å²) in [6.45, 7) is 10.9. The van der Waals surface area contributed by atoms with Gasteiger partial charge in [-0.2, -0.15) is 0 Å². The van der Waals surface area contributed by atoms with E-state index < -0.39 is 0 Å². The van der Waals surface area contributed by atoms with Gasteiger partial charge in [0.15, 0.2) is 0 Å². The maximum Gasteiger partial charge on any atom is 0.0331 e. The van der Waals surface area contributed by atoms with Gasteiger partial charge < -0.3 is 5.32 Å². The zero-order valence-electron chi connectivity index (χ0n) is 13.4. The maximum absolute atomic E-state index is 3.84. The summed E-state index contributed by atoms with van der Waals surface area (Å²) >= 11 is 0. The number of hydrogen-bond acceptors (Lipinski definition) is 2. The molecule has 1 saturated heterocycles. The predicted octanol–water partition coefficient (Wildman–Crippen LogP) is 3.81. The fraction of sp³-hybridized carbons (Fsp3) is 1.00. The molecule has 2 atom stereocenters. The van der Waals surface area contributed by atoms with Crippen LogP contribution in [0.3, 0.4) is 0 Å². The van der Waals surface area contributed by atoms with Crippen LogP contribution in [0, 0.1) is 5.92 Å². The van der Waals surface area contributed by atoms with E-state index in [-0.39, 0.29) is 0 Å². The molecule has 1 saturated carbocycles. The van der Waals surface area contributed by atoms with Crippen LogP contribution >= 0.6 is 0 Å². The molecule has 0 spiro atoms. The van der Waals surface area contributed by atoms with E-state index in [1.165, 1.54) is 64.5 Å². The van der Waals surface area contributed by atoms with Gasteiger partial charge in [-0.1, -0.05) is 39.5 Å². The minimum Gasteiger partial charge on any atom is -0.312 e. The van der Waals surface area contributed by atoms with E-state index in [4.69, 9.17) is 0 Å². The smallest absolute Gasteiger partial charge is 0.0331 e. The molecule has 2 nitrogen and oxygen atoms in total. The summed E-state index contributed by atoms with van der Waals surface area (Å²) in [4.78, 5) is 2.77. The number of likely N-dealkylation sites (N-methyl/N-ethyl adjacent to an activating group) is 1. The summed E-state index contributed by atoms with van der Waals surface area (Å²) in [6, 6.07) is 0.684. The fourth-order valence-corrected chi connectivity index (χ4v) is 4.30. The van der Waals surface area contributed by atoms with E-state index in [0.717, 1.165) is 12.5 Å². The molecule has 2 fully saturated rings. The molecule has 1 aliphatic carbocycles. The molecule has 2 aliphatic rings. The highest BCUT2D eigenvalue weighted by Gasteiger charge is 2.40. The average Bonchev–Trinajstić information content (AvgIpc) is 3.10. The summed E-state index contributed by atoms with van der Waals surface area (Å²) in [6.07, 6.45) is 11.4. The highest BCUT2D eigenvalue weighted by atomic mass is 15.2. The number of rotatable bonds is 7. The SMILES string of the molecule is CCNC(CC1CCCC1)C(C)(CC)N1CCCC1. The van der Waals surface area contributed by atoms with Crippen molar-refractivity contribution in [2.75, 3.05) is 19.6 Å². The Morgan fingerprint density at radius 1 is 1.11 bits per heavy atom. The zero-order valence-corrected chi connectivity index (χ0v) is 13.4. The van der Waals surface area contributed by atoms with Crippen molar-refractivity contribution in [3.8, 4) is 0 Å². The van der Waals surface area contributed by atoms with Crippen molar-refractivity contribution < 1.29 is 0 Å². The highest BCUT2D eigenvalue weighted by molar-refractivity contribution is 4.98. The van der Waals surface area contributed by atoms with Crippen LogP contribution in [-0.4, -0.2) is 36.1 Å². The van der Waals surface area contributed by atoms with Gasteiger partial charge in [0.05, 0.1) is 0 Å². The van der Waals surface area contributed by atoms with Gasteiger partial charge in [-0.15, -0.1) is 0 Å². The van der Waals surface area contributed by atoms with Gasteiger partial charge in [0.2, 0.25) is 0 Å². The first kappa shape index (κ1) is 15.3. The molecule has 0 bridgehead atoms. The molecule has 2 unspecified atom stereocenters. The Morgan fingerprint density at radius 2 is 1.74 bits per heavy atom. The van der Waals surface area contributed by atoms with Gasteiger partial charge in [-0.3, -0.25) is 4.90 Å². The van der Waals surface area contributed by atoms with Crippen LogP contribution in [0.5, 0.6) is 0 Å². The molecule has 19 heavy (non-hydrogen) atoms. The molecule has 1 heterocycles. The lowest BCUT2D eigenvalue weighted by Gasteiger charge is -2.46.